The van der Waals surface area contributed by atoms with Gasteiger partial charge in [-0.05, 0) is 50.4 Å². The Morgan fingerprint density at radius 1 is 0.968 bits per heavy atom. The van der Waals surface area contributed by atoms with E-state index in [-0.39, 0.29) is 29.6 Å². The Balaban J connectivity index is 1.64. The Bertz CT molecular complexity index is 921. The lowest BCUT2D eigenvalue weighted by molar-refractivity contribution is -0.130. The summed E-state index contributed by atoms with van der Waals surface area (Å²) in [7, 11) is 5.51. The van der Waals surface area contributed by atoms with Gasteiger partial charge in [0.05, 0.1) is 12.1 Å². The zero-order valence-electron chi connectivity index (χ0n) is 18.7. The van der Waals surface area contributed by atoms with Gasteiger partial charge in [-0.2, -0.15) is 0 Å². The van der Waals surface area contributed by atoms with Crippen molar-refractivity contribution in [2.24, 2.45) is 0 Å². The highest BCUT2D eigenvalue weighted by molar-refractivity contribution is 5.97. The Labute approximate surface area is 184 Å². The van der Waals surface area contributed by atoms with Crippen LogP contribution in [0.25, 0.3) is 0 Å². The molecule has 0 aromatic heterocycles. The minimum Gasteiger partial charge on any atom is -0.347 e. The lowest BCUT2D eigenvalue weighted by atomic mass is 9.69. The summed E-state index contributed by atoms with van der Waals surface area (Å²) >= 11 is 0. The molecule has 1 spiro atoms. The maximum atomic E-state index is 13.5. The summed E-state index contributed by atoms with van der Waals surface area (Å²) in [6.45, 7) is 0.734. The predicted octanol–water partition coefficient (Wildman–Crippen LogP) is 3.44. The molecule has 1 N–H and O–H groups in total. The number of urea groups is 1. The van der Waals surface area contributed by atoms with E-state index in [1.807, 2.05) is 53.2 Å². The van der Waals surface area contributed by atoms with Crippen LogP contribution in [0.15, 0.2) is 60.7 Å². The van der Waals surface area contributed by atoms with Gasteiger partial charge in [0.1, 0.15) is 6.54 Å². The molecule has 164 valence electrons. The van der Waals surface area contributed by atoms with Crippen LogP contribution in [0.5, 0.6) is 0 Å². The van der Waals surface area contributed by atoms with Crippen LogP contribution < -0.4 is 10.2 Å². The van der Waals surface area contributed by atoms with Gasteiger partial charge in [-0.1, -0.05) is 48.5 Å². The van der Waals surface area contributed by atoms with E-state index in [0.717, 1.165) is 31.4 Å². The van der Waals surface area contributed by atoms with Crippen molar-refractivity contribution in [3.8, 4) is 0 Å². The van der Waals surface area contributed by atoms with Gasteiger partial charge in [-0.25, -0.2) is 4.79 Å². The number of rotatable bonds is 5. The summed E-state index contributed by atoms with van der Waals surface area (Å²) in [6.07, 6.45) is 3.52. The molecule has 0 radical (unpaired) electrons. The van der Waals surface area contributed by atoms with Gasteiger partial charge in [-0.15, -0.1) is 0 Å². The Morgan fingerprint density at radius 2 is 1.55 bits per heavy atom. The van der Waals surface area contributed by atoms with Gasteiger partial charge in [0.25, 0.3) is 0 Å². The van der Waals surface area contributed by atoms with Gasteiger partial charge in [0.2, 0.25) is 5.91 Å². The summed E-state index contributed by atoms with van der Waals surface area (Å²) in [5.41, 5.74) is 1.73. The molecule has 4 rings (SSSR count). The standard InChI is InChI=1S/C25H32N4O2/c1-26-25(20-10-6-4-7-11-20)16-14-24(15-17-25)19-28(21-12-8-5-9-13-21)23(31)29(24)18-22(30)27(2)3/h4-13,26H,14-19H2,1-3H3. The summed E-state index contributed by atoms with van der Waals surface area (Å²) in [5.74, 6) is -0.0452. The highest BCUT2D eigenvalue weighted by Crippen LogP contribution is 2.47. The van der Waals surface area contributed by atoms with Crippen LogP contribution in [0.3, 0.4) is 0 Å². The van der Waals surface area contributed by atoms with Crippen molar-refractivity contribution < 1.29 is 9.59 Å². The molecule has 1 aliphatic carbocycles. The van der Waals surface area contributed by atoms with Crippen LogP contribution in [-0.2, 0) is 10.3 Å². The van der Waals surface area contributed by atoms with Crippen molar-refractivity contribution in [1.29, 1.82) is 0 Å². The number of hydrogen-bond donors (Lipinski definition) is 1. The SMILES string of the molecule is CNC1(c2ccccc2)CCC2(CC1)CN(c1ccccc1)C(=O)N2CC(=O)N(C)C. The van der Waals surface area contributed by atoms with Crippen molar-refractivity contribution in [3.63, 3.8) is 0 Å². The predicted molar refractivity (Wildman–Crippen MR) is 123 cm³/mol. The van der Waals surface area contributed by atoms with E-state index in [9.17, 15) is 9.59 Å². The molecule has 2 fully saturated rings. The second kappa shape index (κ2) is 8.35. The number of carbonyl (C=O) groups excluding carboxylic acids is 2. The number of nitrogens with zero attached hydrogens (tertiary/aromatic N) is 3. The molecule has 31 heavy (non-hydrogen) atoms. The molecule has 6 heteroatoms. The molecule has 1 aliphatic heterocycles. The third-order valence-electron chi connectivity index (χ3n) is 7.19. The molecule has 2 aromatic carbocycles. The third kappa shape index (κ3) is 3.81. The largest absolute Gasteiger partial charge is 0.347 e. The van der Waals surface area contributed by atoms with E-state index in [1.165, 1.54) is 5.56 Å². The highest BCUT2D eigenvalue weighted by Gasteiger charge is 2.54. The van der Waals surface area contributed by atoms with Crippen molar-refractivity contribution in [2.45, 2.75) is 36.8 Å². The minimum atomic E-state index is -0.340. The Morgan fingerprint density at radius 3 is 2.10 bits per heavy atom. The monoisotopic (exact) mass is 420 g/mol. The second-order valence-corrected chi connectivity index (χ2v) is 9.00. The van der Waals surface area contributed by atoms with Gasteiger partial charge in [-0.3, -0.25) is 9.69 Å². The first-order chi connectivity index (χ1) is 14.9. The van der Waals surface area contributed by atoms with Crippen molar-refractivity contribution in [2.75, 3.05) is 39.1 Å². The Kier molecular flexibility index (Phi) is 5.75. The number of carbonyl (C=O) groups is 2. The molecule has 2 aliphatic rings. The van der Waals surface area contributed by atoms with Crippen LogP contribution in [0, 0.1) is 0 Å². The zero-order chi connectivity index (χ0) is 22.1. The van der Waals surface area contributed by atoms with Crippen LogP contribution in [0.4, 0.5) is 10.5 Å². The van der Waals surface area contributed by atoms with Crippen molar-refractivity contribution >= 4 is 17.6 Å². The molecule has 0 unspecified atom stereocenters. The van der Waals surface area contributed by atoms with Crippen molar-refractivity contribution in [3.05, 3.63) is 66.2 Å². The maximum absolute atomic E-state index is 13.5. The fourth-order valence-corrected chi connectivity index (χ4v) is 5.13. The van der Waals surface area contributed by atoms with Gasteiger partial charge in [0.15, 0.2) is 0 Å². The molecular weight excluding hydrogens is 388 g/mol. The van der Waals surface area contributed by atoms with E-state index in [2.05, 4.69) is 29.6 Å². The molecule has 0 atom stereocenters. The number of para-hydroxylation sites is 1. The fraction of sp³-hybridized carbons (Fsp3) is 0.440. The summed E-state index contributed by atoms with van der Waals surface area (Å²) in [4.78, 5) is 31.4. The quantitative estimate of drug-likeness (QED) is 0.806. The second-order valence-electron chi connectivity index (χ2n) is 9.00. The molecule has 1 saturated heterocycles. The lowest BCUT2D eigenvalue weighted by Gasteiger charge is -2.48. The van der Waals surface area contributed by atoms with Crippen LogP contribution in [0.1, 0.15) is 31.2 Å². The lowest BCUT2D eigenvalue weighted by Crippen LogP contribution is -2.56. The molecule has 0 bridgehead atoms. The first kappa shape index (κ1) is 21.4. The smallest absolute Gasteiger partial charge is 0.325 e. The number of benzene rings is 2. The maximum Gasteiger partial charge on any atom is 0.325 e. The first-order valence-corrected chi connectivity index (χ1v) is 11.0. The van der Waals surface area contributed by atoms with Gasteiger partial charge >= 0.3 is 6.03 Å². The van der Waals surface area contributed by atoms with E-state index >= 15 is 0 Å². The normalized spacial score (nSPS) is 25.8. The number of nitrogens with one attached hydrogen (secondary N) is 1. The average Bonchev–Trinajstić information content (AvgIpc) is 3.07. The molecule has 3 amide bonds. The number of anilines is 1. The summed E-state index contributed by atoms with van der Waals surface area (Å²) in [5, 5.41) is 3.58. The summed E-state index contributed by atoms with van der Waals surface area (Å²) in [6, 6.07) is 20.3. The number of likely N-dealkylation sites (N-methyl/N-ethyl adjacent to an activating group) is 1. The van der Waals surface area contributed by atoms with E-state index in [1.54, 1.807) is 19.0 Å². The fourth-order valence-electron chi connectivity index (χ4n) is 5.13. The molecule has 1 saturated carbocycles. The van der Waals surface area contributed by atoms with Crippen LogP contribution in [0.2, 0.25) is 0 Å². The zero-order valence-corrected chi connectivity index (χ0v) is 18.7. The molecule has 6 nitrogen and oxygen atoms in total. The first-order valence-electron chi connectivity index (χ1n) is 11.0. The van der Waals surface area contributed by atoms with Crippen LogP contribution >= 0.6 is 0 Å². The van der Waals surface area contributed by atoms with E-state index < -0.39 is 0 Å². The summed E-state index contributed by atoms with van der Waals surface area (Å²) < 4.78 is 0. The van der Waals surface area contributed by atoms with Crippen LogP contribution in [-0.4, -0.2) is 61.5 Å². The molecule has 2 aromatic rings. The van der Waals surface area contributed by atoms with Gasteiger partial charge in [0, 0.05) is 25.3 Å². The topological polar surface area (TPSA) is 55.9 Å². The highest BCUT2D eigenvalue weighted by atomic mass is 16.2. The third-order valence-corrected chi connectivity index (χ3v) is 7.19. The van der Waals surface area contributed by atoms with E-state index in [0.29, 0.717) is 6.54 Å². The number of hydrogen-bond acceptors (Lipinski definition) is 3. The molecular formula is C25H32N4O2. The Hall–Kier alpha value is -2.86. The van der Waals surface area contributed by atoms with Crippen molar-refractivity contribution in [1.82, 2.24) is 15.1 Å². The average molecular weight is 421 g/mol. The number of amides is 3. The van der Waals surface area contributed by atoms with E-state index in [4.69, 9.17) is 0 Å². The van der Waals surface area contributed by atoms with Gasteiger partial charge < -0.3 is 15.1 Å². The minimum absolute atomic E-state index is 0.0452. The molecule has 1 heterocycles.